The molecule has 3 aromatic rings. The van der Waals surface area contributed by atoms with Crippen LogP contribution in [0.15, 0.2) is 36.4 Å². The summed E-state index contributed by atoms with van der Waals surface area (Å²) < 4.78 is 1.46. The Morgan fingerprint density at radius 1 is 1.14 bits per heavy atom. The van der Waals surface area contributed by atoms with Crippen molar-refractivity contribution in [2.45, 2.75) is 33.1 Å². The van der Waals surface area contributed by atoms with Crippen molar-refractivity contribution in [2.24, 2.45) is 5.92 Å². The van der Waals surface area contributed by atoms with Crippen molar-refractivity contribution in [1.29, 1.82) is 0 Å². The molecule has 0 aliphatic carbocycles. The number of carboxylic acid groups (broad SMARTS) is 1. The molecule has 152 valence electrons. The Balaban J connectivity index is 2.35. The highest BCUT2D eigenvalue weighted by Crippen LogP contribution is 2.40. The second-order valence-corrected chi connectivity index (χ2v) is 8.01. The van der Waals surface area contributed by atoms with Crippen LogP contribution in [0.25, 0.3) is 10.9 Å². The summed E-state index contributed by atoms with van der Waals surface area (Å²) in [5, 5.41) is 21.2. The van der Waals surface area contributed by atoms with Crippen LogP contribution < -0.4 is 0 Å². The lowest BCUT2D eigenvalue weighted by molar-refractivity contribution is -0.140. The first kappa shape index (κ1) is 21.2. The number of carbonyl (C=O) groups excluding carboxylic acids is 1. The smallest absolute Gasteiger partial charge is 0.311 e. The van der Waals surface area contributed by atoms with Crippen LogP contribution in [0.3, 0.4) is 0 Å². The zero-order chi connectivity index (χ0) is 21.5. The number of fused-ring (bicyclic) bond motifs is 1. The van der Waals surface area contributed by atoms with Gasteiger partial charge in [-0.3, -0.25) is 14.2 Å². The van der Waals surface area contributed by atoms with Gasteiger partial charge in [0.25, 0.3) is 5.91 Å². The summed E-state index contributed by atoms with van der Waals surface area (Å²) in [7, 11) is 0. The minimum atomic E-state index is -0.977. The summed E-state index contributed by atoms with van der Waals surface area (Å²) in [6, 6.07) is 9.39. The Hall–Kier alpha value is -2.50. The SMILES string of the molecule is CCC(C)[C@H](C(=O)O)c1c(C)n(C(=O)c2ccc(Cl)cc2)c2cc(Cl)c(O)cc12. The third-order valence-corrected chi connectivity index (χ3v) is 5.96. The van der Waals surface area contributed by atoms with Gasteiger partial charge in [-0.05, 0) is 54.8 Å². The van der Waals surface area contributed by atoms with Gasteiger partial charge in [0.15, 0.2) is 0 Å². The Labute approximate surface area is 178 Å². The Kier molecular flexibility index (Phi) is 5.92. The molecule has 0 amide bonds. The summed E-state index contributed by atoms with van der Waals surface area (Å²) in [6.07, 6.45) is 0.647. The molecule has 0 saturated heterocycles. The van der Waals surface area contributed by atoms with Crippen LogP contribution in [0.1, 0.15) is 47.8 Å². The van der Waals surface area contributed by atoms with Crippen LogP contribution in [0.5, 0.6) is 5.75 Å². The molecule has 0 spiro atoms. The lowest BCUT2D eigenvalue weighted by atomic mass is 9.84. The molecule has 2 aromatic carbocycles. The van der Waals surface area contributed by atoms with Gasteiger partial charge in [0, 0.05) is 21.7 Å². The van der Waals surface area contributed by atoms with Gasteiger partial charge in [0.2, 0.25) is 0 Å². The third-order valence-electron chi connectivity index (χ3n) is 5.41. The summed E-state index contributed by atoms with van der Waals surface area (Å²) in [5.41, 5.74) is 1.88. The Morgan fingerprint density at radius 3 is 2.31 bits per heavy atom. The molecule has 0 aliphatic rings. The highest BCUT2D eigenvalue weighted by atomic mass is 35.5. The number of phenolic OH excluding ortho intramolecular Hbond substituents is 1. The van der Waals surface area contributed by atoms with E-state index in [2.05, 4.69) is 0 Å². The van der Waals surface area contributed by atoms with Crippen LogP contribution in [-0.2, 0) is 4.79 Å². The maximum atomic E-state index is 13.3. The van der Waals surface area contributed by atoms with Crippen LogP contribution in [-0.4, -0.2) is 26.7 Å². The van der Waals surface area contributed by atoms with E-state index in [0.29, 0.717) is 39.2 Å². The Morgan fingerprint density at radius 2 is 1.76 bits per heavy atom. The standard InChI is InChI=1S/C22H21Cl2NO4/c1-4-11(2)19(22(28)29)20-12(3)25(17-10-16(24)18(26)9-15(17)20)21(27)13-5-7-14(23)8-6-13/h5-11,19,26H,4H2,1-3H3,(H,28,29)/t11?,19-/m0/s1. The minimum Gasteiger partial charge on any atom is -0.506 e. The lowest BCUT2D eigenvalue weighted by Crippen LogP contribution is -2.21. The summed E-state index contributed by atoms with van der Waals surface area (Å²) in [5.74, 6) is -2.47. The van der Waals surface area contributed by atoms with E-state index in [9.17, 15) is 19.8 Å². The quantitative estimate of drug-likeness (QED) is 0.527. The topological polar surface area (TPSA) is 79.5 Å². The number of phenols is 1. The number of hydrogen-bond acceptors (Lipinski definition) is 3. The first-order chi connectivity index (χ1) is 13.7. The number of benzene rings is 2. The van der Waals surface area contributed by atoms with Gasteiger partial charge in [-0.25, -0.2) is 0 Å². The molecule has 1 aromatic heterocycles. The summed E-state index contributed by atoms with van der Waals surface area (Å²) in [4.78, 5) is 25.4. The monoisotopic (exact) mass is 433 g/mol. The molecule has 29 heavy (non-hydrogen) atoms. The van der Waals surface area contributed by atoms with Crippen LogP contribution in [0.4, 0.5) is 0 Å². The van der Waals surface area contributed by atoms with Crippen molar-refractivity contribution in [1.82, 2.24) is 4.57 Å². The first-order valence-corrected chi connectivity index (χ1v) is 9.99. The minimum absolute atomic E-state index is 0.0853. The number of aliphatic carboxylic acids is 1. The summed E-state index contributed by atoms with van der Waals surface area (Å²) in [6.45, 7) is 5.49. The van der Waals surface area contributed by atoms with Crippen molar-refractivity contribution in [2.75, 3.05) is 0 Å². The number of aromatic nitrogens is 1. The molecule has 1 unspecified atom stereocenters. The predicted molar refractivity (Wildman–Crippen MR) is 114 cm³/mol. The fraction of sp³-hybridized carbons (Fsp3) is 0.273. The number of nitrogens with zero attached hydrogens (tertiary/aromatic N) is 1. The molecule has 1 heterocycles. The lowest BCUT2D eigenvalue weighted by Gasteiger charge is -2.20. The molecular weight excluding hydrogens is 413 g/mol. The molecule has 0 fully saturated rings. The van der Waals surface area contributed by atoms with Gasteiger partial charge in [0.05, 0.1) is 16.5 Å². The average molecular weight is 434 g/mol. The molecule has 2 N–H and O–H groups in total. The number of hydrogen-bond donors (Lipinski definition) is 2. The largest absolute Gasteiger partial charge is 0.506 e. The fourth-order valence-corrected chi connectivity index (χ4v) is 3.99. The number of halogens is 2. The van der Waals surface area contributed by atoms with Crippen molar-refractivity contribution in [3.63, 3.8) is 0 Å². The number of carboxylic acids is 1. The molecular formula is C22H21Cl2NO4. The zero-order valence-electron chi connectivity index (χ0n) is 16.2. The van der Waals surface area contributed by atoms with E-state index in [0.717, 1.165) is 0 Å². The van der Waals surface area contributed by atoms with Gasteiger partial charge in [-0.1, -0.05) is 43.5 Å². The molecule has 0 saturated carbocycles. The van der Waals surface area contributed by atoms with Crippen molar-refractivity contribution in [3.05, 3.63) is 63.3 Å². The third kappa shape index (κ3) is 3.72. The number of aromatic hydroxyl groups is 1. The van der Waals surface area contributed by atoms with E-state index in [4.69, 9.17) is 23.2 Å². The van der Waals surface area contributed by atoms with Gasteiger partial charge in [0.1, 0.15) is 5.75 Å². The average Bonchev–Trinajstić information content (AvgIpc) is 2.93. The number of rotatable bonds is 5. The molecule has 3 rings (SSSR count). The van der Waals surface area contributed by atoms with E-state index < -0.39 is 11.9 Å². The fourth-order valence-electron chi connectivity index (χ4n) is 3.71. The van der Waals surface area contributed by atoms with E-state index in [-0.39, 0.29) is 22.6 Å². The van der Waals surface area contributed by atoms with Crippen LogP contribution >= 0.6 is 23.2 Å². The second-order valence-electron chi connectivity index (χ2n) is 7.17. The Bertz CT molecular complexity index is 1100. The summed E-state index contributed by atoms with van der Waals surface area (Å²) >= 11 is 12.0. The molecule has 5 nitrogen and oxygen atoms in total. The van der Waals surface area contributed by atoms with Gasteiger partial charge in [-0.15, -0.1) is 0 Å². The maximum Gasteiger partial charge on any atom is 0.311 e. The van der Waals surface area contributed by atoms with E-state index in [1.165, 1.54) is 16.7 Å². The van der Waals surface area contributed by atoms with Gasteiger partial charge in [-0.2, -0.15) is 0 Å². The van der Waals surface area contributed by atoms with E-state index in [1.807, 2.05) is 13.8 Å². The van der Waals surface area contributed by atoms with E-state index >= 15 is 0 Å². The second kappa shape index (κ2) is 8.09. The predicted octanol–water partition coefficient (Wildman–Crippen LogP) is 5.86. The molecule has 0 bridgehead atoms. The van der Waals surface area contributed by atoms with Gasteiger partial charge < -0.3 is 10.2 Å². The van der Waals surface area contributed by atoms with Crippen molar-refractivity contribution >= 4 is 46.0 Å². The normalized spacial score (nSPS) is 13.4. The zero-order valence-corrected chi connectivity index (χ0v) is 17.8. The maximum absolute atomic E-state index is 13.3. The van der Waals surface area contributed by atoms with Crippen molar-refractivity contribution in [3.8, 4) is 5.75 Å². The van der Waals surface area contributed by atoms with Crippen molar-refractivity contribution < 1.29 is 19.8 Å². The molecule has 7 heteroatoms. The highest BCUT2D eigenvalue weighted by molar-refractivity contribution is 6.33. The highest BCUT2D eigenvalue weighted by Gasteiger charge is 2.33. The molecule has 2 atom stereocenters. The van der Waals surface area contributed by atoms with Gasteiger partial charge >= 0.3 is 5.97 Å². The molecule has 0 aliphatic heterocycles. The first-order valence-electron chi connectivity index (χ1n) is 9.23. The van der Waals surface area contributed by atoms with Crippen LogP contribution in [0, 0.1) is 12.8 Å². The number of carbonyl (C=O) groups is 2. The van der Waals surface area contributed by atoms with Crippen LogP contribution in [0.2, 0.25) is 10.0 Å². The van der Waals surface area contributed by atoms with E-state index in [1.54, 1.807) is 31.2 Å². The molecule has 0 radical (unpaired) electrons.